The molecule has 0 aliphatic carbocycles. The molecule has 1 aromatic carbocycles. The van der Waals surface area contributed by atoms with Crippen molar-refractivity contribution in [3.05, 3.63) is 60.4 Å². The van der Waals surface area contributed by atoms with Crippen LogP contribution in [-0.4, -0.2) is 50.9 Å². The molecule has 0 radical (unpaired) electrons. The predicted molar refractivity (Wildman–Crippen MR) is 125 cm³/mol. The highest BCUT2D eigenvalue weighted by atomic mass is 16.5. The lowest BCUT2D eigenvalue weighted by Crippen LogP contribution is -2.23. The first-order valence-electron chi connectivity index (χ1n) is 10.5. The third kappa shape index (κ3) is 5.31. The van der Waals surface area contributed by atoms with Crippen LogP contribution in [0.4, 0.5) is 11.6 Å². The van der Waals surface area contributed by atoms with Gasteiger partial charge >= 0.3 is 0 Å². The van der Waals surface area contributed by atoms with Gasteiger partial charge < -0.3 is 24.5 Å². The number of oxazole rings is 1. The van der Waals surface area contributed by atoms with Crippen LogP contribution in [0.1, 0.15) is 23.0 Å². The Bertz CT molecular complexity index is 1260. The number of hydrogen-bond acceptors (Lipinski definition) is 9. The Labute approximate surface area is 196 Å². The first-order valence-corrected chi connectivity index (χ1v) is 10.5. The fraction of sp³-hybridized carbons (Fsp3) is 0.261. The molecular weight excluding hydrogens is 438 g/mol. The molecule has 0 saturated heterocycles. The molecule has 0 spiro atoms. The summed E-state index contributed by atoms with van der Waals surface area (Å²) >= 11 is 0. The molecule has 11 nitrogen and oxygen atoms in total. The molecule has 1 atom stereocenters. The maximum Gasteiger partial charge on any atom is 0.278 e. The van der Waals surface area contributed by atoms with Gasteiger partial charge in [0.15, 0.2) is 17.8 Å². The number of rotatable bonds is 9. The SMILES string of the molecule is COc1cc(OC)nc(N[C@@H](C)Cn2cc(NC(=O)c3ncoc3-c3cccc(C)c3)cn2)n1. The van der Waals surface area contributed by atoms with Crippen molar-refractivity contribution in [1.29, 1.82) is 0 Å². The largest absolute Gasteiger partial charge is 0.481 e. The minimum absolute atomic E-state index is 0.0799. The molecule has 0 saturated carbocycles. The second kappa shape index (κ2) is 10.0. The Balaban J connectivity index is 1.40. The average Bonchev–Trinajstić information content (AvgIpc) is 3.48. The molecule has 4 aromatic rings. The minimum Gasteiger partial charge on any atom is -0.481 e. The number of benzene rings is 1. The van der Waals surface area contributed by atoms with Gasteiger partial charge in [-0.15, -0.1) is 0 Å². The van der Waals surface area contributed by atoms with E-state index in [9.17, 15) is 4.79 Å². The predicted octanol–water partition coefficient (Wildman–Crippen LogP) is 3.41. The van der Waals surface area contributed by atoms with Gasteiger partial charge in [0.2, 0.25) is 17.7 Å². The van der Waals surface area contributed by atoms with Gasteiger partial charge in [-0.25, -0.2) is 4.98 Å². The second-order valence-electron chi connectivity index (χ2n) is 7.63. The van der Waals surface area contributed by atoms with Crippen molar-refractivity contribution in [2.45, 2.75) is 26.4 Å². The number of ether oxygens (including phenoxy) is 2. The van der Waals surface area contributed by atoms with Crippen molar-refractivity contribution in [2.75, 3.05) is 24.9 Å². The highest BCUT2D eigenvalue weighted by Gasteiger charge is 2.19. The monoisotopic (exact) mass is 463 g/mol. The van der Waals surface area contributed by atoms with Gasteiger partial charge in [-0.05, 0) is 19.9 Å². The van der Waals surface area contributed by atoms with Crippen LogP contribution in [0.2, 0.25) is 0 Å². The zero-order valence-corrected chi connectivity index (χ0v) is 19.3. The van der Waals surface area contributed by atoms with Crippen LogP contribution in [0.3, 0.4) is 0 Å². The molecule has 11 heteroatoms. The summed E-state index contributed by atoms with van der Waals surface area (Å²) in [6, 6.07) is 9.20. The van der Waals surface area contributed by atoms with Crippen molar-refractivity contribution in [3.8, 4) is 23.1 Å². The van der Waals surface area contributed by atoms with E-state index in [1.807, 2.05) is 38.1 Å². The Morgan fingerprint density at radius 1 is 1.18 bits per heavy atom. The number of nitrogens with zero attached hydrogens (tertiary/aromatic N) is 5. The first-order chi connectivity index (χ1) is 16.4. The maximum atomic E-state index is 12.8. The van der Waals surface area contributed by atoms with Crippen LogP contribution in [0, 0.1) is 6.92 Å². The number of amides is 1. The van der Waals surface area contributed by atoms with Crippen LogP contribution in [0.5, 0.6) is 11.8 Å². The molecule has 1 amide bonds. The highest BCUT2D eigenvalue weighted by molar-refractivity contribution is 6.06. The van der Waals surface area contributed by atoms with E-state index in [0.29, 0.717) is 35.7 Å². The fourth-order valence-corrected chi connectivity index (χ4v) is 3.34. The Hall–Kier alpha value is -4.41. The summed E-state index contributed by atoms with van der Waals surface area (Å²) in [5.41, 5.74) is 2.59. The summed E-state index contributed by atoms with van der Waals surface area (Å²) < 4.78 is 17.5. The molecule has 0 fully saturated rings. The van der Waals surface area contributed by atoms with Crippen LogP contribution in [0.15, 0.2) is 53.5 Å². The number of methoxy groups -OCH3 is 2. The number of aryl methyl sites for hydroxylation is 1. The van der Waals surface area contributed by atoms with Crippen LogP contribution < -0.4 is 20.1 Å². The van der Waals surface area contributed by atoms with Gasteiger partial charge in [-0.3, -0.25) is 9.48 Å². The average molecular weight is 463 g/mol. The number of anilines is 2. The van der Waals surface area contributed by atoms with Gasteiger partial charge in [0.25, 0.3) is 5.91 Å². The van der Waals surface area contributed by atoms with Crippen molar-refractivity contribution in [3.63, 3.8) is 0 Å². The Morgan fingerprint density at radius 3 is 2.65 bits per heavy atom. The molecule has 176 valence electrons. The lowest BCUT2D eigenvalue weighted by molar-refractivity contribution is 0.102. The third-order valence-electron chi connectivity index (χ3n) is 4.89. The highest BCUT2D eigenvalue weighted by Crippen LogP contribution is 2.25. The van der Waals surface area contributed by atoms with E-state index in [4.69, 9.17) is 13.9 Å². The fourth-order valence-electron chi connectivity index (χ4n) is 3.34. The second-order valence-corrected chi connectivity index (χ2v) is 7.63. The van der Waals surface area contributed by atoms with Gasteiger partial charge in [0.1, 0.15) is 0 Å². The number of carbonyl (C=O) groups is 1. The Morgan fingerprint density at radius 2 is 1.94 bits per heavy atom. The quantitative estimate of drug-likeness (QED) is 0.383. The number of aromatic nitrogens is 5. The first kappa shape index (κ1) is 22.8. The summed E-state index contributed by atoms with van der Waals surface area (Å²) in [5, 5.41) is 10.3. The molecule has 4 rings (SSSR count). The molecule has 3 heterocycles. The molecule has 0 aliphatic rings. The van der Waals surface area contributed by atoms with Crippen molar-refractivity contribution >= 4 is 17.5 Å². The zero-order valence-electron chi connectivity index (χ0n) is 19.3. The van der Waals surface area contributed by atoms with Crippen molar-refractivity contribution in [2.24, 2.45) is 0 Å². The van der Waals surface area contributed by atoms with Crippen LogP contribution in [-0.2, 0) is 6.54 Å². The molecule has 0 aliphatic heterocycles. The number of carbonyl (C=O) groups excluding carboxylic acids is 1. The van der Waals surface area contributed by atoms with E-state index in [1.165, 1.54) is 20.6 Å². The van der Waals surface area contributed by atoms with Gasteiger partial charge in [0, 0.05) is 17.8 Å². The minimum atomic E-state index is -0.382. The summed E-state index contributed by atoms with van der Waals surface area (Å²) in [6.45, 7) is 4.43. The maximum absolute atomic E-state index is 12.8. The molecule has 3 aromatic heterocycles. The van der Waals surface area contributed by atoms with Gasteiger partial charge in [0.05, 0.1) is 38.7 Å². The summed E-state index contributed by atoms with van der Waals surface area (Å²) in [6.07, 6.45) is 4.57. The summed E-state index contributed by atoms with van der Waals surface area (Å²) in [4.78, 5) is 25.5. The summed E-state index contributed by atoms with van der Waals surface area (Å²) in [7, 11) is 3.05. The van der Waals surface area contributed by atoms with E-state index in [0.717, 1.165) is 11.1 Å². The lowest BCUT2D eigenvalue weighted by atomic mass is 10.1. The van der Waals surface area contributed by atoms with Crippen LogP contribution >= 0.6 is 0 Å². The van der Waals surface area contributed by atoms with E-state index >= 15 is 0 Å². The van der Waals surface area contributed by atoms with Crippen molar-refractivity contribution < 1.29 is 18.7 Å². The standard InChI is InChI=1S/C23H25N7O4/c1-14-6-5-7-16(8-14)21-20(24-13-34-21)22(31)27-17-10-25-30(12-17)11-15(2)26-23-28-18(32-3)9-19(29-23)33-4/h5-10,12-13,15H,11H2,1-4H3,(H,27,31)(H,26,28,29)/t15-/m0/s1. The number of hydrogen-bond donors (Lipinski definition) is 2. The lowest BCUT2D eigenvalue weighted by Gasteiger charge is -2.14. The topological polar surface area (TPSA) is 129 Å². The van der Waals surface area contributed by atoms with E-state index in [1.54, 1.807) is 23.1 Å². The third-order valence-corrected chi connectivity index (χ3v) is 4.89. The molecule has 0 unspecified atom stereocenters. The van der Waals surface area contributed by atoms with E-state index in [-0.39, 0.29) is 17.6 Å². The van der Waals surface area contributed by atoms with Crippen LogP contribution in [0.25, 0.3) is 11.3 Å². The normalized spacial score (nSPS) is 11.6. The smallest absolute Gasteiger partial charge is 0.278 e. The van der Waals surface area contributed by atoms with E-state index in [2.05, 4.69) is 30.7 Å². The zero-order chi connectivity index (χ0) is 24.1. The molecular formula is C23H25N7O4. The van der Waals surface area contributed by atoms with Crippen molar-refractivity contribution in [1.82, 2.24) is 24.7 Å². The summed E-state index contributed by atoms with van der Waals surface area (Å²) in [5.74, 6) is 1.19. The molecule has 34 heavy (non-hydrogen) atoms. The molecule has 0 bridgehead atoms. The van der Waals surface area contributed by atoms with Gasteiger partial charge in [-0.2, -0.15) is 15.1 Å². The van der Waals surface area contributed by atoms with E-state index < -0.39 is 0 Å². The molecule has 2 N–H and O–H groups in total. The number of nitrogens with one attached hydrogen (secondary N) is 2. The van der Waals surface area contributed by atoms with Gasteiger partial charge in [-0.1, -0.05) is 23.8 Å². The Kier molecular flexibility index (Phi) is 6.72.